The number of amides is 2. The fraction of sp³-hybridized carbons (Fsp3) is 0.550. The van der Waals surface area contributed by atoms with Gasteiger partial charge in [0, 0.05) is 56.0 Å². The third kappa shape index (κ3) is 3.63. The maximum atomic E-state index is 12.8. The molecule has 2 saturated heterocycles. The van der Waals surface area contributed by atoms with E-state index in [9.17, 15) is 9.59 Å². The van der Waals surface area contributed by atoms with Crippen molar-refractivity contribution in [1.29, 1.82) is 0 Å². The Morgan fingerprint density at radius 1 is 1.21 bits per heavy atom. The van der Waals surface area contributed by atoms with E-state index in [1.54, 1.807) is 17.3 Å². The SMILES string of the molecule is CC(C)N1CC(C(=O)N2CCC(c3noc(-c4ccncc4)n3)CC2)CC1=O. The van der Waals surface area contributed by atoms with Crippen LogP contribution < -0.4 is 0 Å². The van der Waals surface area contributed by atoms with E-state index >= 15 is 0 Å². The zero-order chi connectivity index (χ0) is 19.7. The van der Waals surface area contributed by atoms with E-state index in [0.717, 1.165) is 18.4 Å². The van der Waals surface area contributed by atoms with Gasteiger partial charge in [-0.25, -0.2) is 0 Å². The van der Waals surface area contributed by atoms with Crippen LogP contribution in [-0.4, -0.2) is 62.4 Å². The summed E-state index contributed by atoms with van der Waals surface area (Å²) in [5.41, 5.74) is 0.849. The molecule has 2 aromatic heterocycles. The van der Waals surface area contributed by atoms with Gasteiger partial charge in [-0.05, 0) is 38.8 Å². The third-order valence-corrected chi connectivity index (χ3v) is 5.67. The lowest BCUT2D eigenvalue weighted by atomic mass is 9.95. The molecule has 0 bridgehead atoms. The fourth-order valence-corrected chi connectivity index (χ4v) is 4.02. The smallest absolute Gasteiger partial charge is 0.258 e. The van der Waals surface area contributed by atoms with Gasteiger partial charge in [0.15, 0.2) is 5.82 Å². The van der Waals surface area contributed by atoms with Gasteiger partial charge in [0.25, 0.3) is 5.89 Å². The van der Waals surface area contributed by atoms with E-state index < -0.39 is 0 Å². The van der Waals surface area contributed by atoms with E-state index in [1.807, 2.05) is 30.9 Å². The highest BCUT2D eigenvalue weighted by Crippen LogP contribution is 2.30. The second-order valence-electron chi connectivity index (χ2n) is 7.83. The molecule has 0 saturated carbocycles. The predicted octanol–water partition coefficient (Wildman–Crippen LogP) is 2.09. The van der Waals surface area contributed by atoms with Gasteiger partial charge in [0.2, 0.25) is 11.8 Å². The number of nitrogens with zero attached hydrogens (tertiary/aromatic N) is 5. The van der Waals surface area contributed by atoms with Crippen LogP contribution in [0.15, 0.2) is 29.0 Å². The molecule has 2 aliphatic heterocycles. The standard InChI is InChI=1S/C20H25N5O3/c1-13(2)25-12-16(11-17(25)26)20(27)24-9-5-14(6-10-24)18-22-19(28-23-18)15-3-7-21-8-4-15/h3-4,7-8,13-14,16H,5-6,9-12H2,1-2H3. The summed E-state index contributed by atoms with van der Waals surface area (Å²) in [4.78, 5) is 37.1. The van der Waals surface area contributed by atoms with E-state index in [0.29, 0.717) is 37.8 Å². The largest absolute Gasteiger partial charge is 0.342 e. The number of pyridine rings is 1. The molecule has 0 N–H and O–H groups in total. The molecule has 8 nitrogen and oxygen atoms in total. The van der Waals surface area contributed by atoms with Crippen molar-refractivity contribution in [2.75, 3.05) is 19.6 Å². The molecule has 4 rings (SSSR count). The van der Waals surface area contributed by atoms with Gasteiger partial charge < -0.3 is 14.3 Å². The molecule has 2 aliphatic rings. The number of hydrogen-bond donors (Lipinski definition) is 0. The monoisotopic (exact) mass is 383 g/mol. The van der Waals surface area contributed by atoms with Crippen LogP contribution >= 0.6 is 0 Å². The van der Waals surface area contributed by atoms with E-state index in [-0.39, 0.29) is 29.7 Å². The third-order valence-electron chi connectivity index (χ3n) is 5.67. The number of piperidine rings is 1. The molecule has 0 spiro atoms. The highest BCUT2D eigenvalue weighted by Gasteiger charge is 2.38. The van der Waals surface area contributed by atoms with Crippen LogP contribution in [-0.2, 0) is 9.59 Å². The first-order valence-electron chi connectivity index (χ1n) is 9.85. The minimum atomic E-state index is -0.213. The Labute approximate surface area is 163 Å². The van der Waals surface area contributed by atoms with Crippen molar-refractivity contribution in [2.24, 2.45) is 5.92 Å². The van der Waals surface area contributed by atoms with Crippen LogP contribution in [0.3, 0.4) is 0 Å². The van der Waals surface area contributed by atoms with Crippen molar-refractivity contribution < 1.29 is 14.1 Å². The second-order valence-corrected chi connectivity index (χ2v) is 7.83. The predicted molar refractivity (Wildman–Crippen MR) is 101 cm³/mol. The molecular formula is C20H25N5O3. The summed E-state index contributed by atoms with van der Waals surface area (Å²) in [7, 11) is 0. The lowest BCUT2D eigenvalue weighted by molar-refractivity contribution is -0.136. The van der Waals surface area contributed by atoms with Crippen molar-refractivity contribution in [3.63, 3.8) is 0 Å². The van der Waals surface area contributed by atoms with Crippen LogP contribution in [0.25, 0.3) is 11.5 Å². The van der Waals surface area contributed by atoms with Crippen molar-refractivity contribution in [1.82, 2.24) is 24.9 Å². The van der Waals surface area contributed by atoms with Crippen molar-refractivity contribution in [2.45, 2.75) is 45.1 Å². The van der Waals surface area contributed by atoms with Crippen LogP contribution in [0.1, 0.15) is 44.9 Å². The number of likely N-dealkylation sites (tertiary alicyclic amines) is 2. The first-order valence-corrected chi connectivity index (χ1v) is 9.85. The lowest BCUT2D eigenvalue weighted by Gasteiger charge is -2.32. The summed E-state index contributed by atoms with van der Waals surface area (Å²) in [6.45, 7) is 5.84. The number of carbonyl (C=O) groups excluding carboxylic acids is 2. The van der Waals surface area contributed by atoms with Gasteiger partial charge >= 0.3 is 0 Å². The Morgan fingerprint density at radius 3 is 2.57 bits per heavy atom. The maximum absolute atomic E-state index is 12.8. The fourth-order valence-electron chi connectivity index (χ4n) is 4.02. The summed E-state index contributed by atoms with van der Waals surface area (Å²) in [6, 6.07) is 3.81. The molecule has 0 radical (unpaired) electrons. The second kappa shape index (κ2) is 7.69. The average Bonchev–Trinajstić information content (AvgIpc) is 3.35. The van der Waals surface area contributed by atoms with Gasteiger partial charge in [0.05, 0.1) is 5.92 Å². The molecule has 2 amide bonds. The molecule has 0 aromatic carbocycles. The Hall–Kier alpha value is -2.77. The van der Waals surface area contributed by atoms with Gasteiger partial charge in [-0.15, -0.1) is 0 Å². The van der Waals surface area contributed by atoms with E-state index in [2.05, 4.69) is 15.1 Å². The average molecular weight is 383 g/mol. The summed E-state index contributed by atoms with van der Waals surface area (Å²) < 4.78 is 5.39. The molecule has 0 aliphatic carbocycles. The number of carbonyl (C=O) groups is 2. The van der Waals surface area contributed by atoms with Crippen LogP contribution in [0, 0.1) is 5.92 Å². The van der Waals surface area contributed by atoms with Gasteiger partial charge in [-0.1, -0.05) is 5.16 Å². The Bertz CT molecular complexity index is 843. The minimum Gasteiger partial charge on any atom is -0.342 e. The summed E-state index contributed by atoms with van der Waals surface area (Å²) in [5.74, 6) is 1.34. The molecule has 148 valence electrons. The van der Waals surface area contributed by atoms with Gasteiger partial charge in [-0.3, -0.25) is 14.6 Å². The Kier molecular flexibility index (Phi) is 5.11. The number of aromatic nitrogens is 3. The molecule has 2 aromatic rings. The minimum absolute atomic E-state index is 0.0821. The Balaban J connectivity index is 1.34. The molecular weight excluding hydrogens is 358 g/mol. The van der Waals surface area contributed by atoms with Gasteiger partial charge in [-0.2, -0.15) is 4.98 Å². The van der Waals surface area contributed by atoms with Gasteiger partial charge in [0.1, 0.15) is 0 Å². The van der Waals surface area contributed by atoms with Crippen molar-refractivity contribution in [3.8, 4) is 11.5 Å². The molecule has 2 fully saturated rings. The highest BCUT2D eigenvalue weighted by molar-refractivity contribution is 5.89. The molecule has 8 heteroatoms. The Morgan fingerprint density at radius 2 is 1.93 bits per heavy atom. The molecule has 4 heterocycles. The van der Waals surface area contributed by atoms with Crippen molar-refractivity contribution >= 4 is 11.8 Å². The first-order chi connectivity index (χ1) is 13.5. The van der Waals surface area contributed by atoms with Crippen molar-refractivity contribution in [3.05, 3.63) is 30.4 Å². The summed E-state index contributed by atoms with van der Waals surface area (Å²) in [5, 5.41) is 4.14. The molecule has 28 heavy (non-hydrogen) atoms. The van der Waals surface area contributed by atoms with Crippen LogP contribution in [0.5, 0.6) is 0 Å². The highest BCUT2D eigenvalue weighted by atomic mass is 16.5. The zero-order valence-electron chi connectivity index (χ0n) is 16.2. The normalized spacial score (nSPS) is 21.0. The zero-order valence-corrected chi connectivity index (χ0v) is 16.2. The number of hydrogen-bond acceptors (Lipinski definition) is 6. The topological polar surface area (TPSA) is 92.4 Å². The quantitative estimate of drug-likeness (QED) is 0.803. The molecule has 1 atom stereocenters. The summed E-state index contributed by atoms with van der Waals surface area (Å²) in [6.07, 6.45) is 5.32. The maximum Gasteiger partial charge on any atom is 0.258 e. The molecule has 1 unspecified atom stereocenters. The first kappa shape index (κ1) is 18.6. The van der Waals surface area contributed by atoms with E-state index in [1.165, 1.54) is 0 Å². The number of rotatable bonds is 4. The van der Waals surface area contributed by atoms with E-state index in [4.69, 9.17) is 4.52 Å². The lowest BCUT2D eigenvalue weighted by Crippen LogP contribution is -2.42. The van der Waals surface area contributed by atoms with Crippen LogP contribution in [0.4, 0.5) is 0 Å². The van der Waals surface area contributed by atoms with Crippen LogP contribution in [0.2, 0.25) is 0 Å². The summed E-state index contributed by atoms with van der Waals surface area (Å²) >= 11 is 0.